The predicted molar refractivity (Wildman–Crippen MR) is 142 cm³/mol. The van der Waals surface area contributed by atoms with Gasteiger partial charge < -0.3 is 24.8 Å². The molecule has 37 heavy (non-hydrogen) atoms. The van der Waals surface area contributed by atoms with Gasteiger partial charge in [0.1, 0.15) is 0 Å². The van der Waals surface area contributed by atoms with Crippen molar-refractivity contribution in [1.29, 1.82) is 0 Å². The van der Waals surface area contributed by atoms with E-state index in [2.05, 4.69) is 33.6 Å². The molecule has 2 rings (SSSR count). The summed E-state index contributed by atoms with van der Waals surface area (Å²) in [5.74, 6) is -4.56. The van der Waals surface area contributed by atoms with Crippen LogP contribution in [0.4, 0.5) is 0 Å². The molecule has 0 saturated carbocycles. The highest BCUT2D eigenvalue weighted by Crippen LogP contribution is 2.30. The zero-order chi connectivity index (χ0) is 29.3. The van der Waals surface area contributed by atoms with Crippen molar-refractivity contribution in [3.63, 3.8) is 0 Å². The topological polar surface area (TPSA) is 147 Å². The van der Waals surface area contributed by atoms with Crippen LogP contribution in [0.1, 0.15) is 36.2 Å². The van der Waals surface area contributed by atoms with Gasteiger partial charge in [-0.3, -0.25) is 4.79 Å². The summed E-state index contributed by atoms with van der Waals surface area (Å²) in [6, 6.07) is 18.2. The molecular formula is C28H36O9. The minimum Gasteiger partial charge on any atom is -0.478 e. The van der Waals surface area contributed by atoms with Gasteiger partial charge in [-0.1, -0.05) is 101 Å². The number of carboxylic acid groups (broad SMARTS) is 3. The van der Waals surface area contributed by atoms with Gasteiger partial charge in [-0.15, -0.1) is 0 Å². The van der Waals surface area contributed by atoms with Gasteiger partial charge in [-0.25, -0.2) is 14.4 Å². The molecule has 0 radical (unpaired) electrons. The zero-order valence-electron chi connectivity index (χ0n) is 21.6. The van der Waals surface area contributed by atoms with Gasteiger partial charge in [0.2, 0.25) is 5.78 Å². The standard InChI is InChI=1S/C16H16O3.3C3H4O2.C3H8/c1-18-16(19-2,14-11-7-4-8-12-14)15(17)13-9-5-3-6-10-13;3*1-2-3(4)5;1-3-2/h3-12H,1-2H3;3*2H,1H2,(H,4,5);3H2,1-2H3. The molecule has 3 N–H and O–H groups in total. The lowest BCUT2D eigenvalue weighted by Gasteiger charge is -2.29. The highest BCUT2D eigenvalue weighted by atomic mass is 16.7. The van der Waals surface area contributed by atoms with E-state index in [4.69, 9.17) is 24.8 Å². The fourth-order valence-corrected chi connectivity index (χ4v) is 2.07. The van der Waals surface area contributed by atoms with E-state index >= 15 is 0 Å². The zero-order valence-corrected chi connectivity index (χ0v) is 21.6. The van der Waals surface area contributed by atoms with Crippen molar-refractivity contribution in [2.24, 2.45) is 0 Å². The van der Waals surface area contributed by atoms with E-state index in [1.807, 2.05) is 48.5 Å². The minimum absolute atomic E-state index is 0.218. The van der Waals surface area contributed by atoms with Crippen molar-refractivity contribution in [1.82, 2.24) is 0 Å². The first kappa shape index (κ1) is 37.2. The van der Waals surface area contributed by atoms with Crippen LogP contribution in [0, 0.1) is 0 Å². The lowest BCUT2D eigenvalue weighted by Crippen LogP contribution is -2.39. The van der Waals surface area contributed by atoms with Crippen LogP contribution in [0.3, 0.4) is 0 Å². The predicted octanol–water partition coefficient (Wildman–Crippen LogP) is 5.20. The van der Waals surface area contributed by atoms with E-state index < -0.39 is 23.7 Å². The molecule has 0 saturated heterocycles. The Morgan fingerprint density at radius 3 is 1.22 bits per heavy atom. The number of ketones is 1. The number of carbonyl (C=O) groups excluding carboxylic acids is 1. The second-order valence-electron chi connectivity index (χ2n) is 6.42. The number of methoxy groups -OCH3 is 2. The van der Waals surface area contributed by atoms with E-state index in [-0.39, 0.29) is 5.78 Å². The molecule has 0 spiro atoms. The Balaban J connectivity index is -0.000000525. The molecule has 0 heterocycles. The van der Waals surface area contributed by atoms with E-state index in [1.165, 1.54) is 20.6 Å². The summed E-state index contributed by atoms with van der Waals surface area (Å²) in [6.45, 7) is 13.1. The lowest BCUT2D eigenvalue weighted by atomic mass is 9.96. The molecular weight excluding hydrogens is 480 g/mol. The van der Waals surface area contributed by atoms with Gasteiger partial charge in [0.25, 0.3) is 5.79 Å². The van der Waals surface area contributed by atoms with E-state index in [0.717, 1.165) is 18.2 Å². The number of Topliss-reactive ketones (excluding diaryl/α,β-unsaturated/α-hetero) is 1. The molecule has 0 aromatic heterocycles. The van der Waals surface area contributed by atoms with Crippen LogP contribution in [0.15, 0.2) is 98.6 Å². The van der Waals surface area contributed by atoms with Gasteiger partial charge >= 0.3 is 17.9 Å². The minimum atomic E-state index is -1.40. The molecule has 0 aliphatic rings. The van der Waals surface area contributed by atoms with Crippen LogP contribution in [-0.4, -0.2) is 53.2 Å². The second kappa shape index (κ2) is 23.4. The number of benzene rings is 2. The van der Waals surface area contributed by atoms with Crippen LogP contribution >= 0.6 is 0 Å². The molecule has 0 atom stereocenters. The number of aliphatic carboxylic acids is 3. The smallest absolute Gasteiger partial charge is 0.327 e. The van der Waals surface area contributed by atoms with Gasteiger partial charge in [0.05, 0.1) is 0 Å². The Labute approximate surface area is 218 Å². The average Bonchev–Trinajstić information content (AvgIpc) is 2.92. The van der Waals surface area contributed by atoms with Crippen molar-refractivity contribution in [3.05, 3.63) is 110 Å². The Kier molecular flexibility index (Phi) is 23.5. The first-order valence-electron chi connectivity index (χ1n) is 10.8. The molecule has 0 aliphatic heterocycles. The Morgan fingerprint density at radius 1 is 0.703 bits per heavy atom. The average molecular weight is 517 g/mol. The van der Waals surface area contributed by atoms with E-state index in [1.54, 1.807) is 12.1 Å². The highest BCUT2D eigenvalue weighted by Gasteiger charge is 2.41. The molecule has 9 heteroatoms. The van der Waals surface area contributed by atoms with Gasteiger partial charge in [-0.2, -0.15) is 0 Å². The first-order chi connectivity index (χ1) is 17.5. The first-order valence-corrected chi connectivity index (χ1v) is 10.8. The quantitative estimate of drug-likeness (QED) is 0.244. The summed E-state index contributed by atoms with van der Waals surface area (Å²) in [7, 11) is 2.94. The summed E-state index contributed by atoms with van der Waals surface area (Å²) >= 11 is 0. The summed E-state index contributed by atoms with van der Waals surface area (Å²) in [5, 5.41) is 22.8. The number of carbonyl (C=O) groups is 4. The molecule has 2 aromatic carbocycles. The van der Waals surface area contributed by atoms with Crippen molar-refractivity contribution in [2.45, 2.75) is 26.1 Å². The Bertz CT molecular complexity index is 905. The largest absolute Gasteiger partial charge is 0.478 e. The van der Waals surface area contributed by atoms with Crippen molar-refractivity contribution in [3.8, 4) is 0 Å². The SMILES string of the molecule is C=CC(=O)O.C=CC(=O)O.C=CC(=O)O.CCC.COC(OC)(C(=O)c1ccccc1)c1ccccc1. The molecule has 0 unspecified atom stereocenters. The maximum atomic E-state index is 12.7. The van der Waals surface area contributed by atoms with Gasteiger partial charge in [0.15, 0.2) is 0 Å². The van der Waals surface area contributed by atoms with Crippen LogP contribution in [0.25, 0.3) is 0 Å². The third-order valence-electron chi connectivity index (χ3n) is 3.59. The monoisotopic (exact) mass is 516 g/mol. The third-order valence-corrected chi connectivity index (χ3v) is 3.59. The summed E-state index contributed by atoms with van der Waals surface area (Å²) in [6.07, 6.45) is 3.75. The van der Waals surface area contributed by atoms with Crippen molar-refractivity contribution in [2.75, 3.05) is 14.2 Å². The van der Waals surface area contributed by atoms with E-state index in [0.29, 0.717) is 11.1 Å². The number of carboxylic acids is 3. The molecule has 202 valence electrons. The Morgan fingerprint density at radius 2 is 0.973 bits per heavy atom. The normalized spacial score (nSPS) is 8.86. The third kappa shape index (κ3) is 17.7. The number of ether oxygens (including phenoxy) is 2. The lowest BCUT2D eigenvalue weighted by molar-refractivity contribution is -0.176. The molecule has 9 nitrogen and oxygen atoms in total. The summed E-state index contributed by atoms with van der Waals surface area (Å²) in [4.78, 5) is 40.4. The number of hydrogen-bond donors (Lipinski definition) is 3. The summed E-state index contributed by atoms with van der Waals surface area (Å²) in [5.41, 5.74) is 1.23. The molecule has 2 aromatic rings. The highest BCUT2D eigenvalue weighted by molar-refractivity contribution is 6.02. The van der Waals surface area contributed by atoms with Gasteiger partial charge in [-0.05, 0) is 0 Å². The maximum Gasteiger partial charge on any atom is 0.327 e. The number of hydrogen-bond acceptors (Lipinski definition) is 6. The van der Waals surface area contributed by atoms with Crippen LogP contribution in [0.2, 0.25) is 0 Å². The fourth-order valence-electron chi connectivity index (χ4n) is 2.07. The summed E-state index contributed by atoms with van der Waals surface area (Å²) < 4.78 is 10.8. The van der Waals surface area contributed by atoms with Crippen LogP contribution in [0.5, 0.6) is 0 Å². The van der Waals surface area contributed by atoms with Crippen LogP contribution < -0.4 is 0 Å². The second-order valence-corrected chi connectivity index (χ2v) is 6.42. The fraction of sp³-hybridized carbons (Fsp3) is 0.214. The van der Waals surface area contributed by atoms with Gasteiger partial charge in [0, 0.05) is 43.6 Å². The van der Waals surface area contributed by atoms with Crippen molar-refractivity contribution < 1.29 is 44.0 Å². The van der Waals surface area contributed by atoms with E-state index in [9.17, 15) is 19.2 Å². The molecule has 0 amide bonds. The molecule has 0 bridgehead atoms. The molecule has 0 aliphatic carbocycles. The number of rotatable bonds is 8. The van der Waals surface area contributed by atoms with Crippen LogP contribution in [-0.2, 0) is 29.6 Å². The van der Waals surface area contributed by atoms with Crippen molar-refractivity contribution >= 4 is 23.7 Å². The maximum absolute atomic E-state index is 12.7. The Hall–Kier alpha value is -4.34. The molecule has 0 fully saturated rings.